The maximum absolute atomic E-state index is 13.0. The van der Waals surface area contributed by atoms with Crippen molar-refractivity contribution in [2.24, 2.45) is 0 Å². The van der Waals surface area contributed by atoms with Gasteiger partial charge in [-0.2, -0.15) is 0 Å². The van der Waals surface area contributed by atoms with Gasteiger partial charge in [-0.3, -0.25) is 4.79 Å². The summed E-state index contributed by atoms with van der Waals surface area (Å²) in [5.41, 5.74) is 2.18. The highest BCUT2D eigenvalue weighted by molar-refractivity contribution is 6.38. The van der Waals surface area contributed by atoms with Crippen LogP contribution >= 0.6 is 23.2 Å². The van der Waals surface area contributed by atoms with Crippen LogP contribution in [0.2, 0.25) is 10.0 Å². The van der Waals surface area contributed by atoms with Crippen molar-refractivity contribution in [3.05, 3.63) is 76.3 Å². The summed E-state index contributed by atoms with van der Waals surface area (Å²) in [4.78, 5) is 17.4. The van der Waals surface area contributed by atoms with E-state index in [9.17, 15) is 4.79 Å². The van der Waals surface area contributed by atoms with Crippen molar-refractivity contribution in [1.82, 2.24) is 4.98 Å². The first-order chi connectivity index (χ1) is 14.7. The van der Waals surface area contributed by atoms with Gasteiger partial charge in [0.15, 0.2) is 11.2 Å². The first-order valence-corrected chi connectivity index (χ1v) is 10.4. The highest BCUT2D eigenvalue weighted by atomic mass is 35.5. The van der Waals surface area contributed by atoms with Crippen LogP contribution < -0.4 is 10.1 Å². The summed E-state index contributed by atoms with van der Waals surface area (Å²) in [5, 5.41) is 3.83. The van der Waals surface area contributed by atoms with Crippen LogP contribution in [0.1, 0.15) is 19.4 Å². The molecule has 0 fully saturated rings. The summed E-state index contributed by atoms with van der Waals surface area (Å²) in [7, 11) is 0. The number of benzene rings is 3. The third kappa shape index (κ3) is 4.53. The van der Waals surface area contributed by atoms with Gasteiger partial charge >= 0.3 is 0 Å². The second-order valence-electron chi connectivity index (χ2n) is 7.66. The molecule has 0 bridgehead atoms. The van der Waals surface area contributed by atoms with Crippen LogP contribution in [-0.4, -0.2) is 16.5 Å². The van der Waals surface area contributed by atoms with E-state index in [2.05, 4.69) is 10.3 Å². The number of aryl methyl sites for hydroxylation is 1. The lowest BCUT2D eigenvalue weighted by Gasteiger charge is -2.25. The van der Waals surface area contributed by atoms with Crippen molar-refractivity contribution in [2.45, 2.75) is 26.4 Å². The molecular weight excluding hydrogens is 435 g/mol. The summed E-state index contributed by atoms with van der Waals surface area (Å²) in [5.74, 6) is 0.730. The molecule has 0 saturated heterocycles. The highest BCUT2D eigenvalue weighted by Crippen LogP contribution is 2.33. The number of amides is 1. The number of halogens is 2. The van der Waals surface area contributed by atoms with E-state index in [0.29, 0.717) is 44.0 Å². The number of oxazole rings is 1. The van der Waals surface area contributed by atoms with Gasteiger partial charge < -0.3 is 14.5 Å². The molecule has 0 atom stereocenters. The summed E-state index contributed by atoms with van der Waals surface area (Å²) in [6.45, 7) is 5.36. The Labute approximate surface area is 189 Å². The maximum Gasteiger partial charge on any atom is 0.267 e. The van der Waals surface area contributed by atoms with Gasteiger partial charge in [-0.15, -0.1) is 0 Å². The van der Waals surface area contributed by atoms with E-state index in [4.69, 9.17) is 32.4 Å². The average molecular weight is 455 g/mol. The second-order valence-corrected chi connectivity index (χ2v) is 8.51. The Bertz CT molecular complexity index is 1270. The van der Waals surface area contributed by atoms with Gasteiger partial charge in [-0.25, -0.2) is 4.98 Å². The molecule has 4 rings (SSSR count). The molecule has 158 valence electrons. The van der Waals surface area contributed by atoms with Crippen LogP contribution in [0.3, 0.4) is 0 Å². The Kier molecular flexibility index (Phi) is 5.65. The monoisotopic (exact) mass is 454 g/mol. The van der Waals surface area contributed by atoms with Crippen molar-refractivity contribution in [2.75, 3.05) is 5.32 Å². The number of ether oxygens (including phenoxy) is 1. The molecule has 1 N–H and O–H groups in total. The molecule has 0 saturated carbocycles. The quantitative estimate of drug-likeness (QED) is 0.355. The topological polar surface area (TPSA) is 64.4 Å². The molecule has 0 aliphatic heterocycles. The zero-order valence-corrected chi connectivity index (χ0v) is 18.7. The molecule has 3 aromatic carbocycles. The summed E-state index contributed by atoms with van der Waals surface area (Å²) in [6.07, 6.45) is 0. The molecule has 4 aromatic rings. The van der Waals surface area contributed by atoms with E-state index in [1.807, 2.05) is 55.5 Å². The number of para-hydroxylation sites is 1. The van der Waals surface area contributed by atoms with Gasteiger partial charge in [0, 0.05) is 16.3 Å². The lowest BCUT2D eigenvalue weighted by Crippen LogP contribution is -2.42. The zero-order chi connectivity index (χ0) is 22.2. The van der Waals surface area contributed by atoms with E-state index in [0.717, 1.165) is 5.56 Å². The molecule has 1 heterocycles. The molecule has 7 heteroatoms. The fourth-order valence-electron chi connectivity index (χ4n) is 3.08. The van der Waals surface area contributed by atoms with E-state index >= 15 is 0 Å². The summed E-state index contributed by atoms with van der Waals surface area (Å²) in [6, 6.07) is 18.1. The van der Waals surface area contributed by atoms with Crippen molar-refractivity contribution in [3.63, 3.8) is 0 Å². The number of rotatable bonds is 5. The minimum atomic E-state index is -1.08. The van der Waals surface area contributed by atoms with Gasteiger partial charge in [-0.05, 0) is 62.7 Å². The van der Waals surface area contributed by atoms with Gasteiger partial charge in [0.1, 0.15) is 11.3 Å². The van der Waals surface area contributed by atoms with Gasteiger partial charge in [0.2, 0.25) is 5.89 Å². The minimum Gasteiger partial charge on any atom is -0.478 e. The molecular formula is C24H20Cl2N2O3. The van der Waals surface area contributed by atoms with Crippen molar-refractivity contribution in [1.29, 1.82) is 0 Å². The predicted octanol–water partition coefficient (Wildman–Crippen LogP) is 6.91. The van der Waals surface area contributed by atoms with Crippen molar-refractivity contribution in [3.8, 4) is 17.2 Å². The van der Waals surface area contributed by atoms with Crippen LogP contribution in [0.4, 0.5) is 5.69 Å². The molecule has 0 unspecified atom stereocenters. The first kappa shape index (κ1) is 21.2. The van der Waals surface area contributed by atoms with Crippen LogP contribution in [0.25, 0.3) is 22.6 Å². The number of carbonyl (C=O) groups is 1. The SMILES string of the molecule is Cc1ccc(-c2nc3cc(Cl)cc(Cl)c3o2)cc1NC(=O)C(C)(C)Oc1ccccc1. The number of nitrogens with zero attached hydrogens (tertiary/aromatic N) is 1. The Morgan fingerprint density at radius 2 is 1.81 bits per heavy atom. The largest absolute Gasteiger partial charge is 0.478 e. The molecule has 5 nitrogen and oxygen atoms in total. The van der Waals surface area contributed by atoms with E-state index in [-0.39, 0.29) is 5.91 Å². The Morgan fingerprint density at radius 3 is 2.55 bits per heavy atom. The number of carbonyl (C=O) groups excluding carboxylic acids is 1. The van der Waals surface area contributed by atoms with Gasteiger partial charge in [-0.1, -0.05) is 47.5 Å². The molecule has 0 aliphatic carbocycles. The summed E-state index contributed by atoms with van der Waals surface area (Å²) >= 11 is 12.3. The number of anilines is 1. The van der Waals surface area contributed by atoms with Crippen LogP contribution in [0.5, 0.6) is 5.75 Å². The van der Waals surface area contributed by atoms with Crippen LogP contribution in [0.15, 0.2) is 65.1 Å². The molecule has 0 aliphatic rings. The smallest absolute Gasteiger partial charge is 0.267 e. The normalized spacial score (nSPS) is 11.5. The molecule has 1 amide bonds. The fraction of sp³-hybridized carbons (Fsp3) is 0.167. The lowest BCUT2D eigenvalue weighted by atomic mass is 10.1. The Morgan fingerprint density at radius 1 is 1.06 bits per heavy atom. The fourth-order valence-corrected chi connectivity index (χ4v) is 3.60. The van der Waals surface area contributed by atoms with E-state index in [1.165, 1.54) is 0 Å². The van der Waals surface area contributed by atoms with Crippen molar-refractivity contribution >= 4 is 45.9 Å². The van der Waals surface area contributed by atoms with Gasteiger partial charge in [0.25, 0.3) is 5.91 Å². The highest BCUT2D eigenvalue weighted by Gasteiger charge is 2.30. The van der Waals surface area contributed by atoms with E-state index in [1.54, 1.807) is 26.0 Å². The van der Waals surface area contributed by atoms with Crippen LogP contribution in [0, 0.1) is 6.92 Å². The Balaban J connectivity index is 1.61. The zero-order valence-electron chi connectivity index (χ0n) is 17.2. The van der Waals surface area contributed by atoms with E-state index < -0.39 is 5.60 Å². The van der Waals surface area contributed by atoms with Crippen molar-refractivity contribution < 1.29 is 13.9 Å². The third-order valence-corrected chi connectivity index (χ3v) is 5.30. The molecule has 0 spiro atoms. The second kappa shape index (κ2) is 8.25. The summed E-state index contributed by atoms with van der Waals surface area (Å²) < 4.78 is 11.7. The average Bonchev–Trinajstić information content (AvgIpc) is 3.14. The number of fused-ring (bicyclic) bond motifs is 1. The predicted molar refractivity (Wildman–Crippen MR) is 124 cm³/mol. The van der Waals surface area contributed by atoms with Crippen LogP contribution in [-0.2, 0) is 4.79 Å². The first-order valence-electron chi connectivity index (χ1n) is 9.65. The number of hydrogen-bond acceptors (Lipinski definition) is 4. The number of aromatic nitrogens is 1. The Hall–Kier alpha value is -3.02. The molecule has 1 aromatic heterocycles. The third-order valence-electron chi connectivity index (χ3n) is 4.81. The maximum atomic E-state index is 13.0. The molecule has 31 heavy (non-hydrogen) atoms. The lowest BCUT2D eigenvalue weighted by molar-refractivity contribution is -0.128. The van der Waals surface area contributed by atoms with Gasteiger partial charge in [0.05, 0.1) is 5.02 Å². The number of nitrogens with one attached hydrogen (secondary N) is 1. The standard InChI is InChI=1S/C24H20Cl2N2O3/c1-14-9-10-15(22-27-20-13-16(25)12-18(26)21(20)30-22)11-19(14)28-23(29)24(2,3)31-17-7-5-4-6-8-17/h4-13H,1-3H3,(H,28,29). The minimum absolute atomic E-state index is 0.274. The molecule has 0 radical (unpaired) electrons. The number of hydrogen-bond donors (Lipinski definition) is 1.